The fourth-order valence-electron chi connectivity index (χ4n) is 4.47. The molecule has 2 aliphatic rings. The number of ketones is 1. The van der Waals surface area contributed by atoms with Crippen molar-refractivity contribution in [2.45, 2.75) is 35.5 Å². The van der Waals surface area contributed by atoms with Gasteiger partial charge in [0.05, 0.1) is 22.1 Å². The first kappa shape index (κ1) is 27.4. The number of carbonyl (C=O) groups is 3. The van der Waals surface area contributed by atoms with Crippen molar-refractivity contribution in [1.29, 1.82) is 10.5 Å². The number of thioether (sulfide) groups is 1. The molecule has 1 saturated heterocycles. The van der Waals surface area contributed by atoms with E-state index in [0.29, 0.717) is 32.4 Å². The molecule has 1 saturated carbocycles. The minimum Gasteiger partial charge on any atom is -0.383 e. The number of anilines is 2. The van der Waals surface area contributed by atoms with Crippen LogP contribution >= 0.6 is 35.0 Å². The molecule has 2 fully saturated rings. The van der Waals surface area contributed by atoms with Gasteiger partial charge in [-0.2, -0.15) is 10.5 Å². The quantitative estimate of drug-likeness (QED) is 0.204. The van der Waals surface area contributed by atoms with Crippen LogP contribution in [0.2, 0.25) is 10.0 Å². The summed E-state index contributed by atoms with van der Waals surface area (Å²) in [4.78, 5) is 44.1. The Morgan fingerprint density at radius 2 is 1.77 bits per heavy atom. The van der Waals surface area contributed by atoms with Crippen molar-refractivity contribution in [2.75, 3.05) is 10.6 Å². The molecule has 2 N–H and O–H groups in total. The molecule has 40 heavy (non-hydrogen) atoms. The van der Waals surface area contributed by atoms with E-state index in [0.717, 1.165) is 29.5 Å². The minimum atomic E-state index is -0.820. The summed E-state index contributed by atoms with van der Waals surface area (Å²) in [6.45, 7) is 0. The molecule has 8 nitrogen and oxygen atoms in total. The number of amides is 2. The molecule has 0 bridgehead atoms. The first-order valence-electron chi connectivity index (χ1n) is 12.2. The molecule has 2 aromatic carbocycles. The van der Waals surface area contributed by atoms with Crippen molar-refractivity contribution in [3.63, 3.8) is 0 Å². The van der Waals surface area contributed by atoms with Crippen LogP contribution in [0.25, 0.3) is 6.08 Å². The smallest absolute Gasteiger partial charge is 0.247 e. The fraction of sp³-hybridized carbons (Fsp3) is 0.172. The summed E-state index contributed by atoms with van der Waals surface area (Å²) in [5.74, 6) is -1.10. The number of nitrogens with two attached hydrogens (primary N) is 1. The van der Waals surface area contributed by atoms with Crippen LogP contribution in [0.5, 0.6) is 0 Å². The van der Waals surface area contributed by atoms with Crippen molar-refractivity contribution >= 4 is 70.1 Å². The lowest BCUT2D eigenvalue weighted by Gasteiger charge is -2.16. The number of nitriles is 2. The van der Waals surface area contributed by atoms with Crippen molar-refractivity contribution in [2.24, 2.45) is 0 Å². The fourth-order valence-corrected chi connectivity index (χ4v) is 6.06. The van der Waals surface area contributed by atoms with Crippen LogP contribution in [-0.2, 0) is 9.59 Å². The molecular formula is C29H19Cl2N5O3S. The molecule has 1 aliphatic heterocycles. The third-order valence-corrected chi connectivity index (χ3v) is 8.32. The number of benzene rings is 2. The van der Waals surface area contributed by atoms with Crippen LogP contribution < -0.4 is 10.6 Å². The van der Waals surface area contributed by atoms with E-state index in [4.69, 9.17) is 28.9 Å². The number of hydrogen-bond donors (Lipinski definition) is 1. The minimum absolute atomic E-state index is 0.00664. The van der Waals surface area contributed by atoms with Gasteiger partial charge in [0.15, 0.2) is 5.78 Å². The van der Waals surface area contributed by atoms with Crippen molar-refractivity contribution in [3.8, 4) is 12.1 Å². The van der Waals surface area contributed by atoms with Crippen molar-refractivity contribution < 1.29 is 14.4 Å². The van der Waals surface area contributed by atoms with Crippen LogP contribution in [0, 0.1) is 22.7 Å². The number of allylic oxidation sites excluding steroid dienone is 1. The molecule has 1 aliphatic carbocycles. The first-order chi connectivity index (χ1) is 19.2. The van der Waals surface area contributed by atoms with Gasteiger partial charge < -0.3 is 5.73 Å². The standard InChI is InChI=1S/C29H19Cl2N5O3S/c30-18-7-3-15(22(31)11-18)6-10-23(37)16-4-8-19(9-5-16)36-25(38)12-24(29(36)39)40-28-21(14-33)26(17-1-2-17)20(13-32)27(34)35-28/h3-11,17,24H,1-2,12H2,(H2,34,35). The maximum absolute atomic E-state index is 13.3. The van der Waals surface area contributed by atoms with Crippen LogP contribution in [0.1, 0.15) is 57.8 Å². The van der Waals surface area contributed by atoms with E-state index in [-0.39, 0.29) is 40.1 Å². The second-order valence-corrected chi connectivity index (χ2v) is 11.3. The second kappa shape index (κ2) is 11.1. The molecule has 3 aromatic rings. The van der Waals surface area contributed by atoms with Gasteiger partial charge in [-0.1, -0.05) is 41.0 Å². The molecule has 2 amide bonds. The lowest BCUT2D eigenvalue weighted by atomic mass is 10.0. The topological polar surface area (TPSA) is 141 Å². The summed E-state index contributed by atoms with van der Waals surface area (Å²) in [6, 6.07) is 15.2. The predicted molar refractivity (Wildman–Crippen MR) is 153 cm³/mol. The monoisotopic (exact) mass is 587 g/mol. The first-order valence-corrected chi connectivity index (χ1v) is 13.8. The molecule has 1 atom stereocenters. The molecule has 0 spiro atoms. The van der Waals surface area contributed by atoms with Crippen molar-refractivity contribution in [3.05, 3.63) is 86.4 Å². The normalized spacial score (nSPS) is 16.8. The highest BCUT2D eigenvalue weighted by molar-refractivity contribution is 8.00. The Morgan fingerprint density at radius 1 is 1.07 bits per heavy atom. The number of imide groups is 1. The highest BCUT2D eigenvalue weighted by Gasteiger charge is 2.42. The molecule has 11 heteroatoms. The highest BCUT2D eigenvalue weighted by atomic mass is 35.5. The van der Waals surface area contributed by atoms with Gasteiger partial charge in [0.25, 0.3) is 0 Å². The number of nitrogen functional groups attached to an aromatic ring is 1. The van der Waals surface area contributed by atoms with Gasteiger partial charge in [-0.05, 0) is 78.4 Å². The Bertz CT molecular complexity index is 1690. The van der Waals surface area contributed by atoms with E-state index in [9.17, 15) is 24.9 Å². The zero-order valence-electron chi connectivity index (χ0n) is 20.7. The summed E-state index contributed by atoms with van der Waals surface area (Å²) in [5.41, 5.74) is 8.33. The number of rotatable bonds is 7. The third-order valence-electron chi connectivity index (χ3n) is 6.59. The largest absolute Gasteiger partial charge is 0.383 e. The number of hydrogen-bond acceptors (Lipinski definition) is 8. The van der Waals surface area contributed by atoms with E-state index in [2.05, 4.69) is 11.1 Å². The number of carbonyl (C=O) groups excluding carboxylic acids is 3. The number of nitrogens with zero attached hydrogens (tertiary/aromatic N) is 4. The molecular weight excluding hydrogens is 569 g/mol. The predicted octanol–water partition coefficient (Wildman–Crippen LogP) is 5.91. The lowest BCUT2D eigenvalue weighted by molar-refractivity contribution is -0.121. The lowest BCUT2D eigenvalue weighted by Crippen LogP contribution is -2.31. The Labute approximate surface area is 244 Å². The van der Waals surface area contributed by atoms with E-state index < -0.39 is 17.1 Å². The van der Waals surface area contributed by atoms with Crippen LogP contribution in [-0.4, -0.2) is 27.8 Å². The molecule has 2 heterocycles. The van der Waals surface area contributed by atoms with E-state index in [1.165, 1.54) is 30.3 Å². The molecule has 198 valence electrons. The van der Waals surface area contributed by atoms with Gasteiger partial charge in [0.1, 0.15) is 23.0 Å². The van der Waals surface area contributed by atoms with Crippen LogP contribution in [0.4, 0.5) is 11.5 Å². The van der Waals surface area contributed by atoms with Gasteiger partial charge in [-0.3, -0.25) is 14.4 Å². The third kappa shape index (κ3) is 5.32. The highest BCUT2D eigenvalue weighted by Crippen LogP contribution is 2.47. The molecule has 0 radical (unpaired) electrons. The average Bonchev–Trinajstić information content (AvgIpc) is 3.73. The number of halogens is 2. The van der Waals surface area contributed by atoms with E-state index >= 15 is 0 Å². The van der Waals surface area contributed by atoms with Gasteiger partial charge in [0, 0.05) is 22.0 Å². The summed E-state index contributed by atoms with van der Waals surface area (Å²) >= 11 is 13.1. The van der Waals surface area contributed by atoms with Gasteiger partial charge in [-0.15, -0.1) is 0 Å². The maximum Gasteiger partial charge on any atom is 0.247 e. The van der Waals surface area contributed by atoms with E-state index in [1.807, 2.05) is 6.07 Å². The zero-order valence-corrected chi connectivity index (χ0v) is 23.1. The van der Waals surface area contributed by atoms with Crippen molar-refractivity contribution in [1.82, 2.24) is 4.98 Å². The summed E-state index contributed by atoms with van der Waals surface area (Å²) in [5, 5.41) is 19.7. The zero-order chi connectivity index (χ0) is 28.6. The molecule has 5 rings (SSSR count). The number of aromatic nitrogens is 1. The van der Waals surface area contributed by atoms with Crippen LogP contribution in [0.3, 0.4) is 0 Å². The van der Waals surface area contributed by atoms with Gasteiger partial charge in [0.2, 0.25) is 11.8 Å². The van der Waals surface area contributed by atoms with Gasteiger partial charge >= 0.3 is 0 Å². The average molecular weight is 588 g/mol. The summed E-state index contributed by atoms with van der Waals surface area (Å²) in [6.07, 6.45) is 4.55. The van der Waals surface area contributed by atoms with E-state index in [1.54, 1.807) is 24.3 Å². The second-order valence-electron chi connectivity index (χ2n) is 9.25. The number of pyridine rings is 1. The Kier molecular flexibility index (Phi) is 7.64. The summed E-state index contributed by atoms with van der Waals surface area (Å²) < 4.78 is 0. The molecule has 1 unspecified atom stereocenters. The van der Waals surface area contributed by atoms with Crippen LogP contribution in [0.15, 0.2) is 53.6 Å². The SMILES string of the molecule is N#Cc1c(N)nc(SC2CC(=O)N(c3ccc(C(=O)C=Cc4ccc(Cl)cc4Cl)cc3)C2=O)c(C#N)c1C1CC1. The Balaban J connectivity index is 1.33. The Morgan fingerprint density at radius 3 is 2.40 bits per heavy atom. The summed E-state index contributed by atoms with van der Waals surface area (Å²) in [7, 11) is 0. The maximum atomic E-state index is 13.3. The molecule has 1 aromatic heterocycles. The van der Waals surface area contributed by atoms with Gasteiger partial charge in [-0.25, -0.2) is 9.88 Å². The Hall–Kier alpha value is -4.15.